The van der Waals surface area contributed by atoms with Crippen molar-refractivity contribution in [2.45, 2.75) is 6.92 Å². The Morgan fingerprint density at radius 1 is 1.71 bits per heavy atom. The van der Waals surface area contributed by atoms with Gasteiger partial charge in [0.1, 0.15) is 12.4 Å². The molecule has 0 aliphatic rings. The predicted octanol–water partition coefficient (Wildman–Crippen LogP) is 1.82. The summed E-state index contributed by atoms with van der Waals surface area (Å²) in [7, 11) is 0. The molecule has 0 saturated carbocycles. The Morgan fingerprint density at radius 3 is 3.14 bits per heavy atom. The molecule has 0 atom stereocenters. The Balaban J connectivity index is 2.52. The van der Waals surface area contributed by atoms with Crippen LogP contribution < -0.4 is 5.32 Å². The van der Waals surface area contributed by atoms with Gasteiger partial charge < -0.3 is 10.1 Å². The second kappa shape index (κ2) is 5.72. The fraction of sp³-hybridized carbons (Fsp3) is 0.333. The summed E-state index contributed by atoms with van der Waals surface area (Å²) < 4.78 is 5.71. The number of rotatable bonds is 4. The summed E-state index contributed by atoms with van der Waals surface area (Å²) in [5.74, 6) is 0.309. The third-order valence-electron chi connectivity index (χ3n) is 1.45. The lowest BCUT2D eigenvalue weighted by Crippen LogP contribution is -2.19. The summed E-state index contributed by atoms with van der Waals surface area (Å²) in [4.78, 5) is 15.2. The zero-order chi connectivity index (χ0) is 10.4. The predicted molar refractivity (Wildman–Crippen MR) is 57.1 cm³/mol. The van der Waals surface area contributed by atoms with Crippen molar-refractivity contribution >= 4 is 27.7 Å². The highest BCUT2D eigenvalue weighted by Gasteiger charge is 2.05. The smallest absolute Gasteiger partial charge is 0.251 e. The SMILES string of the molecule is CCOCC(=O)Nc1ncccc1Br. The highest BCUT2D eigenvalue weighted by molar-refractivity contribution is 9.10. The van der Waals surface area contributed by atoms with Gasteiger partial charge >= 0.3 is 0 Å². The molecule has 5 heteroatoms. The Hall–Kier alpha value is -0.940. The number of nitrogens with zero attached hydrogens (tertiary/aromatic N) is 1. The lowest BCUT2D eigenvalue weighted by molar-refractivity contribution is -0.120. The summed E-state index contributed by atoms with van der Waals surface area (Å²) in [6, 6.07) is 3.59. The number of pyridine rings is 1. The number of amides is 1. The number of anilines is 1. The molecule has 1 aromatic rings. The molecular formula is C9H11BrN2O2. The molecule has 1 N–H and O–H groups in total. The second-order valence-corrected chi connectivity index (χ2v) is 3.37. The van der Waals surface area contributed by atoms with E-state index in [0.717, 1.165) is 4.47 Å². The minimum Gasteiger partial charge on any atom is -0.372 e. The number of aromatic nitrogens is 1. The van der Waals surface area contributed by atoms with Gasteiger partial charge in [0, 0.05) is 12.8 Å². The molecule has 1 amide bonds. The number of hydrogen-bond acceptors (Lipinski definition) is 3. The number of nitrogens with one attached hydrogen (secondary N) is 1. The van der Waals surface area contributed by atoms with Gasteiger partial charge in [-0.05, 0) is 35.0 Å². The Bertz CT molecular complexity index is 317. The van der Waals surface area contributed by atoms with Crippen LogP contribution in [-0.4, -0.2) is 24.1 Å². The van der Waals surface area contributed by atoms with Gasteiger partial charge in [0.15, 0.2) is 0 Å². The summed E-state index contributed by atoms with van der Waals surface area (Å²) in [5, 5.41) is 2.62. The first-order valence-electron chi connectivity index (χ1n) is 4.22. The molecule has 0 aliphatic heterocycles. The van der Waals surface area contributed by atoms with E-state index in [1.54, 1.807) is 12.3 Å². The van der Waals surface area contributed by atoms with Crippen molar-refractivity contribution in [1.82, 2.24) is 4.98 Å². The van der Waals surface area contributed by atoms with Crippen molar-refractivity contribution < 1.29 is 9.53 Å². The van der Waals surface area contributed by atoms with Crippen LogP contribution in [-0.2, 0) is 9.53 Å². The first kappa shape index (κ1) is 11.1. The van der Waals surface area contributed by atoms with Crippen molar-refractivity contribution in [3.05, 3.63) is 22.8 Å². The van der Waals surface area contributed by atoms with Gasteiger partial charge in [-0.1, -0.05) is 0 Å². The van der Waals surface area contributed by atoms with Crippen molar-refractivity contribution in [3.8, 4) is 0 Å². The van der Waals surface area contributed by atoms with Crippen LogP contribution >= 0.6 is 15.9 Å². The lowest BCUT2D eigenvalue weighted by Gasteiger charge is -2.05. The van der Waals surface area contributed by atoms with Gasteiger partial charge in [0.2, 0.25) is 0 Å². The zero-order valence-electron chi connectivity index (χ0n) is 7.79. The molecule has 0 aromatic carbocycles. The quantitative estimate of drug-likeness (QED) is 0.897. The van der Waals surface area contributed by atoms with Crippen LogP contribution in [0.2, 0.25) is 0 Å². The Morgan fingerprint density at radius 2 is 2.50 bits per heavy atom. The largest absolute Gasteiger partial charge is 0.372 e. The number of carbonyl (C=O) groups is 1. The van der Waals surface area contributed by atoms with Gasteiger partial charge in [0.05, 0.1) is 4.47 Å². The van der Waals surface area contributed by atoms with Gasteiger partial charge in [-0.3, -0.25) is 4.79 Å². The summed E-state index contributed by atoms with van der Waals surface area (Å²) in [5.41, 5.74) is 0. The van der Waals surface area contributed by atoms with Crippen LogP contribution in [0.15, 0.2) is 22.8 Å². The van der Waals surface area contributed by atoms with Gasteiger partial charge in [-0.25, -0.2) is 4.98 Å². The van der Waals surface area contributed by atoms with Gasteiger partial charge in [-0.15, -0.1) is 0 Å². The summed E-state index contributed by atoms with van der Waals surface area (Å²) >= 11 is 3.27. The molecule has 14 heavy (non-hydrogen) atoms. The maximum atomic E-state index is 11.2. The van der Waals surface area contributed by atoms with E-state index < -0.39 is 0 Å². The molecule has 1 rings (SSSR count). The minimum absolute atomic E-state index is 0.0551. The van der Waals surface area contributed by atoms with Crippen LogP contribution in [0, 0.1) is 0 Å². The fourth-order valence-electron chi connectivity index (χ4n) is 0.841. The highest BCUT2D eigenvalue weighted by atomic mass is 79.9. The molecule has 0 spiro atoms. The van der Waals surface area contributed by atoms with E-state index in [9.17, 15) is 4.79 Å². The molecule has 0 fully saturated rings. The van der Waals surface area contributed by atoms with Gasteiger partial charge in [0.25, 0.3) is 5.91 Å². The molecule has 1 heterocycles. The van der Waals surface area contributed by atoms with Crippen molar-refractivity contribution in [2.24, 2.45) is 0 Å². The van der Waals surface area contributed by atoms with Crippen molar-refractivity contribution in [3.63, 3.8) is 0 Å². The monoisotopic (exact) mass is 258 g/mol. The van der Waals surface area contributed by atoms with Crippen molar-refractivity contribution in [1.29, 1.82) is 0 Å². The van der Waals surface area contributed by atoms with E-state index in [4.69, 9.17) is 4.74 Å². The first-order valence-corrected chi connectivity index (χ1v) is 5.01. The zero-order valence-corrected chi connectivity index (χ0v) is 9.37. The summed E-state index contributed by atoms with van der Waals surface area (Å²) in [6.45, 7) is 2.42. The van der Waals surface area contributed by atoms with Crippen LogP contribution in [0.4, 0.5) is 5.82 Å². The number of hydrogen-bond donors (Lipinski definition) is 1. The Kier molecular flexibility index (Phi) is 4.55. The number of ether oxygens (including phenoxy) is 1. The van der Waals surface area contributed by atoms with E-state index >= 15 is 0 Å². The lowest BCUT2D eigenvalue weighted by atomic mass is 10.4. The minimum atomic E-state index is -0.203. The van der Waals surface area contributed by atoms with E-state index in [0.29, 0.717) is 12.4 Å². The standard InChI is InChI=1S/C9H11BrN2O2/c1-2-14-6-8(13)12-9-7(10)4-3-5-11-9/h3-5H,2,6H2,1H3,(H,11,12,13). The molecule has 0 saturated heterocycles. The van der Waals surface area contributed by atoms with E-state index in [1.165, 1.54) is 0 Å². The molecule has 76 valence electrons. The average molecular weight is 259 g/mol. The maximum absolute atomic E-state index is 11.2. The number of carbonyl (C=O) groups excluding carboxylic acids is 1. The fourth-order valence-corrected chi connectivity index (χ4v) is 1.19. The Labute approximate surface area is 90.8 Å². The molecule has 0 radical (unpaired) electrons. The molecule has 1 aromatic heterocycles. The molecule has 0 aliphatic carbocycles. The van der Waals surface area contributed by atoms with Crippen molar-refractivity contribution in [2.75, 3.05) is 18.5 Å². The molecule has 0 unspecified atom stereocenters. The van der Waals surface area contributed by atoms with Crippen LogP contribution in [0.1, 0.15) is 6.92 Å². The third-order valence-corrected chi connectivity index (χ3v) is 2.09. The van der Waals surface area contributed by atoms with E-state index in [2.05, 4.69) is 26.2 Å². The highest BCUT2D eigenvalue weighted by Crippen LogP contribution is 2.17. The second-order valence-electron chi connectivity index (χ2n) is 2.52. The maximum Gasteiger partial charge on any atom is 0.251 e. The van der Waals surface area contributed by atoms with E-state index in [-0.39, 0.29) is 12.5 Å². The normalized spacial score (nSPS) is 9.86. The van der Waals surface area contributed by atoms with Crippen LogP contribution in [0.3, 0.4) is 0 Å². The average Bonchev–Trinajstić information content (AvgIpc) is 2.18. The third kappa shape index (κ3) is 3.43. The molecule has 4 nitrogen and oxygen atoms in total. The van der Waals surface area contributed by atoms with Crippen LogP contribution in [0.5, 0.6) is 0 Å². The molecule has 0 bridgehead atoms. The summed E-state index contributed by atoms with van der Waals surface area (Å²) in [6.07, 6.45) is 1.61. The number of halogens is 1. The molecular weight excluding hydrogens is 248 g/mol. The van der Waals surface area contributed by atoms with Crippen LogP contribution in [0.25, 0.3) is 0 Å². The van der Waals surface area contributed by atoms with E-state index in [1.807, 2.05) is 13.0 Å². The first-order chi connectivity index (χ1) is 6.74. The van der Waals surface area contributed by atoms with Gasteiger partial charge in [-0.2, -0.15) is 0 Å². The topological polar surface area (TPSA) is 51.2 Å².